The molecule has 0 spiro atoms. The number of rotatable bonds is 5. The zero-order valence-corrected chi connectivity index (χ0v) is 19.4. The van der Waals surface area contributed by atoms with E-state index in [-0.39, 0.29) is 28.0 Å². The Labute approximate surface area is 199 Å². The van der Waals surface area contributed by atoms with Gasteiger partial charge in [-0.15, -0.1) is 0 Å². The van der Waals surface area contributed by atoms with Gasteiger partial charge in [0, 0.05) is 11.1 Å². The number of para-hydroxylation sites is 1. The van der Waals surface area contributed by atoms with E-state index < -0.39 is 23.7 Å². The first-order valence-electron chi connectivity index (χ1n) is 10.1. The minimum absolute atomic E-state index is 0.0916. The number of carbonyl (C=O) groups is 4. The van der Waals surface area contributed by atoms with Gasteiger partial charge < -0.3 is 4.74 Å². The fourth-order valence-corrected chi connectivity index (χ4v) is 4.85. The van der Waals surface area contributed by atoms with Crippen molar-refractivity contribution in [2.24, 2.45) is 0 Å². The highest BCUT2D eigenvalue weighted by atomic mass is 32.2. The van der Waals surface area contributed by atoms with Gasteiger partial charge in [0.05, 0.1) is 22.8 Å². The van der Waals surface area contributed by atoms with Gasteiger partial charge in [-0.25, -0.2) is 0 Å². The summed E-state index contributed by atoms with van der Waals surface area (Å²) in [6, 6.07) is 13.8. The summed E-state index contributed by atoms with van der Waals surface area (Å²) in [5.74, 6) is -2.16. The quantitative estimate of drug-likeness (QED) is 0.399. The molecule has 2 aliphatic rings. The van der Waals surface area contributed by atoms with Gasteiger partial charge in [-0.1, -0.05) is 48.2 Å². The maximum absolute atomic E-state index is 13.3. The van der Waals surface area contributed by atoms with E-state index >= 15 is 0 Å². The molecule has 1 N–H and O–H groups in total. The number of ether oxygens (including phenoxy) is 1. The smallest absolute Gasteiger partial charge is 0.326 e. The van der Waals surface area contributed by atoms with Gasteiger partial charge in [-0.05, 0) is 43.8 Å². The molecule has 0 atom stereocenters. The largest absolute Gasteiger partial charge is 0.465 e. The van der Waals surface area contributed by atoms with E-state index in [4.69, 9.17) is 17.0 Å². The van der Waals surface area contributed by atoms with Gasteiger partial charge in [-0.2, -0.15) is 5.01 Å². The molecule has 0 bridgehead atoms. The first-order valence-corrected chi connectivity index (χ1v) is 11.3. The third-order valence-corrected chi connectivity index (χ3v) is 6.49. The fraction of sp³-hybridized carbons (Fsp3) is 0.174. The molecule has 4 rings (SSSR count). The summed E-state index contributed by atoms with van der Waals surface area (Å²) in [4.78, 5) is 52.7. The van der Waals surface area contributed by atoms with Crippen molar-refractivity contribution in [3.05, 3.63) is 70.1 Å². The second kappa shape index (κ2) is 9.16. The van der Waals surface area contributed by atoms with Gasteiger partial charge in [0.2, 0.25) is 0 Å². The van der Waals surface area contributed by atoms with Crippen LogP contribution in [-0.4, -0.2) is 46.2 Å². The summed E-state index contributed by atoms with van der Waals surface area (Å²) in [5.41, 5.74) is 4.84. The van der Waals surface area contributed by atoms with Crippen LogP contribution in [0.25, 0.3) is 5.57 Å². The molecule has 168 valence electrons. The minimum Gasteiger partial charge on any atom is -0.465 e. The van der Waals surface area contributed by atoms with Crippen LogP contribution in [0.4, 0.5) is 5.69 Å². The van der Waals surface area contributed by atoms with Crippen molar-refractivity contribution in [1.82, 2.24) is 10.4 Å². The summed E-state index contributed by atoms with van der Waals surface area (Å²) in [6.07, 6.45) is 0. The van der Waals surface area contributed by atoms with E-state index in [1.54, 1.807) is 62.4 Å². The number of benzene rings is 2. The molecule has 1 fully saturated rings. The molecule has 3 amide bonds. The molecule has 2 heterocycles. The van der Waals surface area contributed by atoms with Crippen LogP contribution in [0.3, 0.4) is 0 Å². The van der Waals surface area contributed by atoms with Crippen LogP contribution >= 0.6 is 24.0 Å². The lowest BCUT2D eigenvalue weighted by atomic mass is 10.1. The maximum atomic E-state index is 13.3. The second-order valence-electron chi connectivity index (χ2n) is 7.18. The maximum Gasteiger partial charge on any atom is 0.326 e. The Morgan fingerprint density at radius 1 is 1.06 bits per heavy atom. The van der Waals surface area contributed by atoms with Crippen molar-refractivity contribution >= 4 is 63.3 Å². The molecule has 2 aromatic carbocycles. The molecule has 33 heavy (non-hydrogen) atoms. The number of thiocarbonyl (C=S) groups is 1. The van der Waals surface area contributed by atoms with Gasteiger partial charge in [0.1, 0.15) is 6.54 Å². The number of hydrogen-bond donors (Lipinski definition) is 1. The molecule has 2 aliphatic heterocycles. The van der Waals surface area contributed by atoms with Crippen molar-refractivity contribution in [1.29, 1.82) is 0 Å². The lowest BCUT2D eigenvalue weighted by molar-refractivity contribution is -0.142. The van der Waals surface area contributed by atoms with Crippen molar-refractivity contribution in [3.8, 4) is 0 Å². The van der Waals surface area contributed by atoms with Gasteiger partial charge >= 0.3 is 5.97 Å². The highest BCUT2D eigenvalue weighted by Crippen LogP contribution is 2.44. The molecule has 0 aliphatic carbocycles. The Morgan fingerprint density at radius 3 is 2.48 bits per heavy atom. The average Bonchev–Trinajstić information content (AvgIpc) is 3.21. The highest BCUT2D eigenvalue weighted by molar-refractivity contribution is 8.26. The molecule has 1 saturated heterocycles. The van der Waals surface area contributed by atoms with Crippen LogP contribution in [0.2, 0.25) is 0 Å². The average molecular weight is 482 g/mol. The number of hydrogen-bond acceptors (Lipinski definition) is 7. The van der Waals surface area contributed by atoms with E-state index in [0.717, 1.165) is 22.3 Å². The number of aryl methyl sites for hydroxylation is 1. The van der Waals surface area contributed by atoms with Crippen LogP contribution in [0.5, 0.6) is 0 Å². The number of anilines is 1. The number of nitrogens with one attached hydrogen (secondary N) is 1. The van der Waals surface area contributed by atoms with E-state index in [2.05, 4.69) is 5.43 Å². The summed E-state index contributed by atoms with van der Waals surface area (Å²) in [6.45, 7) is 3.37. The zero-order valence-electron chi connectivity index (χ0n) is 17.8. The Balaban J connectivity index is 1.66. The standard InChI is InChI=1S/C23H19N3O5S2/c1-3-31-17(27)12-25-16-11-7-6-10-15(16)18(21(25)29)19-22(30)26(23(32)33-19)24-20(28)14-9-5-4-8-13(14)2/h4-11H,3,12H2,1-2H3,(H,24,28). The second-order valence-corrected chi connectivity index (χ2v) is 8.83. The third kappa shape index (κ3) is 4.14. The Bertz CT molecular complexity index is 1240. The molecule has 0 unspecified atom stereocenters. The molecular weight excluding hydrogens is 462 g/mol. The van der Waals surface area contributed by atoms with Crippen molar-refractivity contribution in [2.75, 3.05) is 18.1 Å². The Hall–Kier alpha value is -3.50. The van der Waals surface area contributed by atoms with Gasteiger partial charge in [0.15, 0.2) is 4.32 Å². The Morgan fingerprint density at radius 2 is 1.76 bits per heavy atom. The molecule has 10 heteroatoms. The van der Waals surface area contributed by atoms with Gasteiger partial charge in [0.25, 0.3) is 17.7 Å². The van der Waals surface area contributed by atoms with Crippen LogP contribution in [0, 0.1) is 6.92 Å². The summed E-state index contributed by atoms with van der Waals surface area (Å²) < 4.78 is 5.08. The zero-order chi connectivity index (χ0) is 23.7. The molecule has 0 radical (unpaired) electrons. The fourth-order valence-electron chi connectivity index (χ4n) is 3.60. The molecule has 8 nitrogen and oxygen atoms in total. The Kier molecular flexibility index (Phi) is 6.30. The highest BCUT2D eigenvalue weighted by Gasteiger charge is 2.43. The number of fused-ring (bicyclic) bond motifs is 1. The summed E-state index contributed by atoms with van der Waals surface area (Å²) in [5, 5.41) is 0.973. The number of thioether (sulfide) groups is 1. The normalized spacial score (nSPS) is 17.5. The molecule has 2 aromatic rings. The summed E-state index contributed by atoms with van der Waals surface area (Å²) in [7, 11) is 0. The van der Waals surface area contributed by atoms with E-state index in [1.807, 2.05) is 0 Å². The van der Waals surface area contributed by atoms with E-state index in [1.165, 1.54) is 4.90 Å². The van der Waals surface area contributed by atoms with Crippen molar-refractivity contribution < 1.29 is 23.9 Å². The van der Waals surface area contributed by atoms with E-state index in [0.29, 0.717) is 16.8 Å². The molecule has 0 saturated carbocycles. The number of esters is 1. The number of amides is 3. The van der Waals surface area contributed by atoms with Crippen molar-refractivity contribution in [3.63, 3.8) is 0 Å². The topological polar surface area (TPSA) is 96.0 Å². The first-order chi connectivity index (χ1) is 15.8. The minimum atomic E-state index is -0.608. The van der Waals surface area contributed by atoms with Crippen LogP contribution in [0.15, 0.2) is 53.4 Å². The van der Waals surface area contributed by atoms with Crippen LogP contribution in [0.1, 0.15) is 28.4 Å². The van der Waals surface area contributed by atoms with Crippen LogP contribution < -0.4 is 10.3 Å². The van der Waals surface area contributed by atoms with Crippen molar-refractivity contribution in [2.45, 2.75) is 13.8 Å². The predicted octanol–water partition coefficient (Wildman–Crippen LogP) is 2.82. The number of carbonyl (C=O) groups excluding carboxylic acids is 4. The van der Waals surface area contributed by atoms with Crippen LogP contribution in [-0.2, 0) is 19.1 Å². The molecular formula is C23H19N3O5S2. The predicted molar refractivity (Wildman–Crippen MR) is 128 cm³/mol. The lowest BCUT2D eigenvalue weighted by Crippen LogP contribution is -2.45. The number of nitrogens with zero attached hydrogens (tertiary/aromatic N) is 2. The number of hydrazine groups is 1. The lowest BCUT2D eigenvalue weighted by Gasteiger charge is -2.16. The van der Waals surface area contributed by atoms with Gasteiger partial charge in [-0.3, -0.25) is 29.5 Å². The first kappa shape index (κ1) is 22.7. The molecule has 0 aromatic heterocycles. The third-order valence-electron chi connectivity index (χ3n) is 5.12. The summed E-state index contributed by atoms with van der Waals surface area (Å²) >= 11 is 6.25. The van der Waals surface area contributed by atoms with E-state index in [9.17, 15) is 19.2 Å². The SMILES string of the molecule is CCOC(=O)CN1C(=O)C(=C2SC(=S)N(NC(=O)c3ccccc3C)C2=O)c2ccccc21. The monoisotopic (exact) mass is 481 g/mol.